The van der Waals surface area contributed by atoms with Crippen LogP contribution in [-0.2, 0) is 22.6 Å². The molecule has 0 spiro atoms. The van der Waals surface area contributed by atoms with Crippen LogP contribution in [0, 0.1) is 0 Å². The lowest BCUT2D eigenvalue weighted by Gasteiger charge is -2.28. The molecule has 0 aliphatic rings. The number of carboxylic acids is 1. The Morgan fingerprint density at radius 1 is 1.00 bits per heavy atom. The van der Waals surface area contributed by atoms with Gasteiger partial charge < -0.3 is 14.6 Å². The Morgan fingerprint density at radius 2 is 1.61 bits per heavy atom. The molecule has 1 N–H and O–H groups in total. The Balaban J connectivity index is 1.99. The Labute approximate surface area is 165 Å². The van der Waals surface area contributed by atoms with E-state index in [0.717, 1.165) is 16.0 Å². The van der Waals surface area contributed by atoms with Gasteiger partial charge in [-0.3, -0.25) is 4.90 Å². The van der Waals surface area contributed by atoms with E-state index in [4.69, 9.17) is 9.47 Å². The lowest BCUT2D eigenvalue weighted by atomic mass is 10.1. The second-order valence-corrected chi connectivity index (χ2v) is 7.57. The highest BCUT2D eigenvalue weighted by Gasteiger charge is 2.30. The van der Waals surface area contributed by atoms with Crippen LogP contribution in [0.3, 0.4) is 0 Å². The molecule has 0 aliphatic heterocycles. The summed E-state index contributed by atoms with van der Waals surface area (Å²) in [6, 6.07) is 16.0. The molecule has 2 aromatic carbocycles. The van der Waals surface area contributed by atoms with E-state index in [1.165, 1.54) is 7.05 Å². The lowest BCUT2D eigenvalue weighted by molar-refractivity contribution is -0.142. The zero-order valence-electron chi connectivity index (χ0n) is 16.7. The SMILES string of the molecule is CN(C(=O)OC(C)(C)C)[C@H](Cc1ccc(OCc2ccccc2)cc1)C(=O)O. The molecule has 0 aliphatic carbocycles. The van der Waals surface area contributed by atoms with Gasteiger partial charge in [0.1, 0.15) is 24.0 Å². The number of aliphatic carboxylic acids is 1. The first kappa shape index (κ1) is 21.3. The molecule has 150 valence electrons. The van der Waals surface area contributed by atoms with Gasteiger partial charge in [0.05, 0.1) is 0 Å². The maximum absolute atomic E-state index is 12.2. The smallest absolute Gasteiger partial charge is 0.410 e. The third-order valence-electron chi connectivity index (χ3n) is 4.03. The van der Waals surface area contributed by atoms with Crippen molar-refractivity contribution in [2.75, 3.05) is 7.05 Å². The molecule has 6 nitrogen and oxygen atoms in total. The second kappa shape index (κ2) is 9.26. The molecule has 0 fully saturated rings. The van der Waals surface area contributed by atoms with E-state index in [9.17, 15) is 14.7 Å². The van der Waals surface area contributed by atoms with Crippen molar-refractivity contribution >= 4 is 12.1 Å². The van der Waals surface area contributed by atoms with Crippen LogP contribution in [0.4, 0.5) is 4.79 Å². The van der Waals surface area contributed by atoms with E-state index in [1.807, 2.05) is 30.3 Å². The summed E-state index contributed by atoms with van der Waals surface area (Å²) in [5.41, 5.74) is 1.16. The molecule has 0 bridgehead atoms. The number of carboxylic acid groups (broad SMARTS) is 1. The average Bonchev–Trinajstić information content (AvgIpc) is 2.64. The molecule has 0 radical (unpaired) electrons. The van der Waals surface area contributed by atoms with Gasteiger partial charge in [0, 0.05) is 13.5 Å². The van der Waals surface area contributed by atoms with E-state index in [-0.39, 0.29) is 6.42 Å². The van der Waals surface area contributed by atoms with Crippen molar-refractivity contribution in [3.05, 3.63) is 65.7 Å². The van der Waals surface area contributed by atoms with E-state index in [2.05, 4.69) is 0 Å². The monoisotopic (exact) mass is 385 g/mol. The normalized spacial score (nSPS) is 12.1. The average molecular weight is 385 g/mol. The van der Waals surface area contributed by atoms with Gasteiger partial charge in [-0.15, -0.1) is 0 Å². The predicted molar refractivity (Wildman–Crippen MR) is 106 cm³/mol. The third-order valence-corrected chi connectivity index (χ3v) is 4.03. The Morgan fingerprint density at radius 3 is 2.14 bits per heavy atom. The van der Waals surface area contributed by atoms with Crippen LogP contribution in [0.15, 0.2) is 54.6 Å². The van der Waals surface area contributed by atoms with Gasteiger partial charge in [0.15, 0.2) is 0 Å². The number of rotatable bonds is 7. The molecular weight excluding hydrogens is 358 g/mol. The van der Waals surface area contributed by atoms with Crippen LogP contribution < -0.4 is 4.74 Å². The molecular formula is C22H27NO5. The van der Waals surface area contributed by atoms with E-state index < -0.39 is 23.7 Å². The van der Waals surface area contributed by atoms with E-state index in [0.29, 0.717) is 12.4 Å². The molecule has 0 saturated heterocycles. The summed E-state index contributed by atoms with van der Waals surface area (Å²) >= 11 is 0. The fourth-order valence-corrected chi connectivity index (χ4v) is 2.54. The molecule has 0 heterocycles. The standard InChI is InChI=1S/C22H27NO5/c1-22(2,3)28-21(26)23(4)19(20(24)25)14-16-10-12-18(13-11-16)27-15-17-8-6-5-7-9-17/h5-13,19H,14-15H2,1-4H3,(H,24,25)/t19-/m1/s1. The van der Waals surface area contributed by atoms with Gasteiger partial charge in [-0.05, 0) is 44.0 Å². The maximum Gasteiger partial charge on any atom is 0.410 e. The zero-order valence-corrected chi connectivity index (χ0v) is 16.7. The highest BCUT2D eigenvalue weighted by atomic mass is 16.6. The van der Waals surface area contributed by atoms with E-state index in [1.54, 1.807) is 45.0 Å². The second-order valence-electron chi connectivity index (χ2n) is 7.57. The summed E-state index contributed by atoms with van der Waals surface area (Å²) in [6.07, 6.45) is -0.493. The first-order valence-electron chi connectivity index (χ1n) is 9.10. The maximum atomic E-state index is 12.2. The van der Waals surface area contributed by atoms with Crippen molar-refractivity contribution in [3.8, 4) is 5.75 Å². The molecule has 0 unspecified atom stereocenters. The lowest BCUT2D eigenvalue weighted by Crippen LogP contribution is -2.46. The van der Waals surface area contributed by atoms with Crippen molar-refractivity contribution in [1.29, 1.82) is 0 Å². The first-order valence-corrected chi connectivity index (χ1v) is 9.10. The molecule has 28 heavy (non-hydrogen) atoms. The van der Waals surface area contributed by atoms with Crippen LogP contribution in [0.1, 0.15) is 31.9 Å². The van der Waals surface area contributed by atoms with Crippen molar-refractivity contribution in [2.24, 2.45) is 0 Å². The first-order chi connectivity index (χ1) is 13.2. The molecule has 1 atom stereocenters. The van der Waals surface area contributed by atoms with Gasteiger partial charge in [0.2, 0.25) is 0 Å². The number of nitrogens with zero attached hydrogens (tertiary/aromatic N) is 1. The van der Waals surface area contributed by atoms with Crippen LogP contribution in [0.2, 0.25) is 0 Å². The topological polar surface area (TPSA) is 76.1 Å². The number of ether oxygens (including phenoxy) is 2. The summed E-state index contributed by atoms with van der Waals surface area (Å²) < 4.78 is 11.0. The van der Waals surface area contributed by atoms with Gasteiger partial charge in [-0.1, -0.05) is 42.5 Å². The molecule has 2 aromatic rings. The van der Waals surface area contributed by atoms with E-state index >= 15 is 0 Å². The van der Waals surface area contributed by atoms with Gasteiger partial charge in [-0.2, -0.15) is 0 Å². The van der Waals surface area contributed by atoms with Crippen LogP contribution >= 0.6 is 0 Å². The molecule has 2 rings (SSSR count). The number of carbonyl (C=O) groups excluding carboxylic acids is 1. The Kier molecular flexibility index (Phi) is 7.04. The van der Waals surface area contributed by atoms with Crippen LogP contribution in [0.25, 0.3) is 0 Å². The van der Waals surface area contributed by atoms with Crippen molar-refractivity contribution in [1.82, 2.24) is 4.90 Å². The highest BCUT2D eigenvalue weighted by molar-refractivity contribution is 5.80. The van der Waals surface area contributed by atoms with Crippen molar-refractivity contribution in [2.45, 2.75) is 45.4 Å². The minimum atomic E-state index is -1.09. The van der Waals surface area contributed by atoms with Gasteiger partial charge in [-0.25, -0.2) is 9.59 Å². The molecule has 0 saturated carbocycles. The largest absolute Gasteiger partial charge is 0.489 e. The van der Waals surface area contributed by atoms with Gasteiger partial charge >= 0.3 is 12.1 Å². The number of carbonyl (C=O) groups is 2. The van der Waals surface area contributed by atoms with Crippen LogP contribution in [-0.4, -0.2) is 40.8 Å². The summed E-state index contributed by atoms with van der Waals surface area (Å²) in [5.74, 6) is -0.391. The molecule has 1 amide bonds. The minimum Gasteiger partial charge on any atom is -0.489 e. The minimum absolute atomic E-state index is 0.171. The highest BCUT2D eigenvalue weighted by Crippen LogP contribution is 2.18. The summed E-state index contributed by atoms with van der Waals surface area (Å²) in [4.78, 5) is 25.0. The fourth-order valence-electron chi connectivity index (χ4n) is 2.54. The third kappa shape index (κ3) is 6.61. The number of hydrogen-bond acceptors (Lipinski definition) is 4. The Hall–Kier alpha value is -3.02. The van der Waals surface area contributed by atoms with Gasteiger partial charge in [0.25, 0.3) is 0 Å². The number of benzene rings is 2. The predicted octanol–water partition coefficient (Wildman–Crippen LogP) is 4.13. The molecule has 0 aromatic heterocycles. The number of likely N-dealkylation sites (N-methyl/N-ethyl adjacent to an activating group) is 1. The van der Waals surface area contributed by atoms with Crippen LogP contribution in [0.5, 0.6) is 5.75 Å². The molecule has 6 heteroatoms. The number of hydrogen-bond donors (Lipinski definition) is 1. The Bertz CT molecular complexity index is 781. The zero-order chi connectivity index (χ0) is 20.7. The summed E-state index contributed by atoms with van der Waals surface area (Å²) in [7, 11) is 1.43. The fraction of sp³-hybridized carbons (Fsp3) is 0.364. The summed E-state index contributed by atoms with van der Waals surface area (Å²) in [5, 5.41) is 9.54. The van der Waals surface area contributed by atoms with Crippen molar-refractivity contribution in [3.63, 3.8) is 0 Å². The number of amides is 1. The summed E-state index contributed by atoms with van der Waals surface area (Å²) in [6.45, 7) is 5.67. The quantitative estimate of drug-likeness (QED) is 0.776. The van der Waals surface area contributed by atoms with Crippen molar-refractivity contribution < 1.29 is 24.2 Å².